The van der Waals surface area contributed by atoms with Gasteiger partial charge in [-0.25, -0.2) is 0 Å². The molecule has 0 spiro atoms. The molecule has 0 unspecified atom stereocenters. The van der Waals surface area contributed by atoms with Crippen LogP contribution in [0.15, 0.2) is 30.3 Å². The zero-order valence-corrected chi connectivity index (χ0v) is 13.7. The molecule has 4 rings (SSSR count). The molecule has 0 fully saturated rings. The molecule has 3 aromatic rings. The smallest absolute Gasteiger partial charge is 0.156 e. The van der Waals surface area contributed by atoms with Gasteiger partial charge in [-0.05, 0) is 42.4 Å². The fourth-order valence-corrected chi connectivity index (χ4v) is 3.14. The third-order valence-electron chi connectivity index (χ3n) is 4.43. The van der Waals surface area contributed by atoms with Gasteiger partial charge < -0.3 is 4.57 Å². The van der Waals surface area contributed by atoms with Gasteiger partial charge in [0.15, 0.2) is 5.82 Å². The lowest BCUT2D eigenvalue weighted by Gasteiger charge is -2.27. The molecule has 1 aromatic carbocycles. The predicted molar refractivity (Wildman–Crippen MR) is 87.5 cm³/mol. The Kier molecular flexibility index (Phi) is 4.04. The van der Waals surface area contributed by atoms with Gasteiger partial charge in [-0.2, -0.15) is 4.68 Å². The van der Waals surface area contributed by atoms with Crippen LogP contribution in [0.1, 0.15) is 23.9 Å². The summed E-state index contributed by atoms with van der Waals surface area (Å²) in [6, 6.07) is 10.0. The van der Waals surface area contributed by atoms with E-state index in [1.54, 1.807) is 0 Å². The maximum absolute atomic E-state index is 4.25. The van der Waals surface area contributed by atoms with E-state index in [-0.39, 0.29) is 0 Å². The van der Waals surface area contributed by atoms with Crippen molar-refractivity contribution in [2.45, 2.75) is 32.9 Å². The Morgan fingerprint density at radius 3 is 2.79 bits per heavy atom. The fourth-order valence-electron chi connectivity index (χ4n) is 3.14. The Morgan fingerprint density at radius 2 is 1.92 bits per heavy atom. The first kappa shape index (κ1) is 14.9. The lowest BCUT2D eigenvalue weighted by molar-refractivity contribution is 0.213. The van der Waals surface area contributed by atoms with Crippen molar-refractivity contribution in [3.63, 3.8) is 0 Å². The van der Waals surface area contributed by atoms with Crippen LogP contribution in [0.4, 0.5) is 0 Å². The van der Waals surface area contributed by atoms with Crippen LogP contribution in [-0.2, 0) is 19.5 Å². The van der Waals surface area contributed by atoms with Gasteiger partial charge in [0.05, 0.1) is 12.2 Å². The van der Waals surface area contributed by atoms with E-state index in [1.165, 1.54) is 0 Å². The molecule has 8 heteroatoms. The molecule has 124 valence electrons. The molecule has 0 saturated heterocycles. The number of tetrazole rings is 1. The average Bonchev–Trinajstić information content (AvgIpc) is 3.23. The molecular weight excluding hydrogens is 304 g/mol. The number of para-hydroxylation sites is 1. The second-order valence-corrected chi connectivity index (χ2v) is 6.04. The van der Waals surface area contributed by atoms with Gasteiger partial charge in [0.2, 0.25) is 0 Å². The standard InChI is InChI=1S/C16H20N8/c1-13-17-18-16-12-22(10-11-23(13)16)9-5-8-15-19-20-21-24(15)14-6-3-2-4-7-14/h2-4,6-7H,5,8-12H2,1H3. The van der Waals surface area contributed by atoms with Gasteiger partial charge in [-0.1, -0.05) is 18.2 Å². The van der Waals surface area contributed by atoms with Crippen LogP contribution in [0.2, 0.25) is 0 Å². The molecule has 1 aliphatic rings. The van der Waals surface area contributed by atoms with E-state index in [2.05, 4.69) is 35.2 Å². The first-order valence-electron chi connectivity index (χ1n) is 8.25. The number of benzene rings is 1. The van der Waals surface area contributed by atoms with Crippen LogP contribution in [0.3, 0.4) is 0 Å². The molecule has 0 atom stereocenters. The van der Waals surface area contributed by atoms with E-state index in [4.69, 9.17) is 0 Å². The van der Waals surface area contributed by atoms with Crippen LogP contribution >= 0.6 is 0 Å². The summed E-state index contributed by atoms with van der Waals surface area (Å²) >= 11 is 0. The molecule has 0 saturated carbocycles. The van der Waals surface area contributed by atoms with Crippen molar-refractivity contribution in [3.05, 3.63) is 47.8 Å². The topological polar surface area (TPSA) is 77.6 Å². The molecule has 0 N–H and O–H groups in total. The number of nitrogens with zero attached hydrogens (tertiary/aromatic N) is 8. The minimum atomic E-state index is 0.851. The highest BCUT2D eigenvalue weighted by Gasteiger charge is 2.19. The van der Waals surface area contributed by atoms with Crippen LogP contribution in [-0.4, -0.2) is 53.0 Å². The van der Waals surface area contributed by atoms with Crippen molar-refractivity contribution in [2.24, 2.45) is 0 Å². The molecule has 24 heavy (non-hydrogen) atoms. The normalized spacial score (nSPS) is 14.7. The van der Waals surface area contributed by atoms with E-state index in [1.807, 2.05) is 41.9 Å². The maximum atomic E-state index is 4.25. The Hall–Kier alpha value is -2.61. The molecule has 0 bridgehead atoms. The number of fused-ring (bicyclic) bond motifs is 1. The monoisotopic (exact) mass is 324 g/mol. The van der Waals surface area contributed by atoms with Crippen molar-refractivity contribution in [1.82, 2.24) is 39.9 Å². The predicted octanol–water partition coefficient (Wildman–Crippen LogP) is 1.01. The van der Waals surface area contributed by atoms with E-state index >= 15 is 0 Å². The summed E-state index contributed by atoms with van der Waals surface area (Å²) in [5, 5.41) is 20.5. The van der Waals surface area contributed by atoms with Gasteiger partial charge in [0.25, 0.3) is 0 Å². The first-order chi connectivity index (χ1) is 11.8. The third-order valence-corrected chi connectivity index (χ3v) is 4.43. The summed E-state index contributed by atoms with van der Waals surface area (Å²) in [5.41, 5.74) is 0.999. The number of hydrogen-bond acceptors (Lipinski definition) is 6. The van der Waals surface area contributed by atoms with Gasteiger partial charge in [-0.15, -0.1) is 15.3 Å². The second kappa shape index (κ2) is 6.48. The molecule has 2 aromatic heterocycles. The van der Waals surface area contributed by atoms with Crippen molar-refractivity contribution < 1.29 is 0 Å². The highest BCUT2D eigenvalue weighted by Crippen LogP contribution is 2.13. The molecule has 0 radical (unpaired) electrons. The maximum Gasteiger partial charge on any atom is 0.156 e. The van der Waals surface area contributed by atoms with Gasteiger partial charge >= 0.3 is 0 Å². The largest absolute Gasteiger partial charge is 0.313 e. The fraction of sp³-hybridized carbons (Fsp3) is 0.438. The van der Waals surface area contributed by atoms with Gasteiger partial charge in [0.1, 0.15) is 11.6 Å². The summed E-state index contributed by atoms with van der Waals surface area (Å²) < 4.78 is 4.02. The Balaban J connectivity index is 1.35. The second-order valence-electron chi connectivity index (χ2n) is 6.04. The Bertz CT molecular complexity index is 807. The van der Waals surface area contributed by atoms with E-state index in [0.717, 1.165) is 62.2 Å². The molecule has 1 aliphatic heterocycles. The number of rotatable bonds is 5. The van der Waals surface area contributed by atoms with E-state index in [0.29, 0.717) is 0 Å². The lowest BCUT2D eigenvalue weighted by Crippen LogP contribution is -2.35. The first-order valence-corrected chi connectivity index (χ1v) is 8.25. The van der Waals surface area contributed by atoms with Gasteiger partial charge in [-0.3, -0.25) is 4.90 Å². The number of hydrogen-bond donors (Lipinski definition) is 0. The van der Waals surface area contributed by atoms with Crippen molar-refractivity contribution >= 4 is 0 Å². The number of aromatic nitrogens is 7. The molecule has 0 amide bonds. The summed E-state index contributed by atoms with van der Waals surface area (Å²) in [6.07, 6.45) is 1.87. The third kappa shape index (κ3) is 2.92. The molecule has 0 aliphatic carbocycles. The minimum Gasteiger partial charge on any atom is -0.313 e. The van der Waals surface area contributed by atoms with Crippen molar-refractivity contribution in [1.29, 1.82) is 0 Å². The van der Waals surface area contributed by atoms with Crippen LogP contribution in [0.25, 0.3) is 5.69 Å². The summed E-state index contributed by atoms with van der Waals surface area (Å²) in [6.45, 7) is 5.89. The summed E-state index contributed by atoms with van der Waals surface area (Å²) in [5.74, 6) is 2.97. The highest BCUT2D eigenvalue weighted by atomic mass is 15.5. The zero-order valence-electron chi connectivity index (χ0n) is 13.7. The van der Waals surface area contributed by atoms with Gasteiger partial charge in [0, 0.05) is 19.5 Å². The van der Waals surface area contributed by atoms with Crippen LogP contribution in [0.5, 0.6) is 0 Å². The van der Waals surface area contributed by atoms with E-state index < -0.39 is 0 Å². The van der Waals surface area contributed by atoms with Crippen LogP contribution in [0, 0.1) is 6.92 Å². The van der Waals surface area contributed by atoms with Crippen molar-refractivity contribution in [2.75, 3.05) is 13.1 Å². The average molecular weight is 324 g/mol. The quantitative estimate of drug-likeness (QED) is 0.697. The minimum absolute atomic E-state index is 0.851. The van der Waals surface area contributed by atoms with E-state index in [9.17, 15) is 0 Å². The summed E-state index contributed by atoms with van der Waals surface area (Å²) in [7, 11) is 0. The summed E-state index contributed by atoms with van der Waals surface area (Å²) in [4.78, 5) is 2.42. The lowest BCUT2D eigenvalue weighted by atomic mass is 10.2. The zero-order chi connectivity index (χ0) is 16.4. The SMILES string of the molecule is Cc1nnc2n1CCN(CCCc1nnnn1-c1ccccc1)C2. The molecular formula is C16H20N8. The highest BCUT2D eigenvalue weighted by molar-refractivity contribution is 5.30. The van der Waals surface area contributed by atoms with Crippen molar-refractivity contribution in [3.8, 4) is 5.69 Å². The number of aryl methyl sites for hydroxylation is 2. The van der Waals surface area contributed by atoms with Crippen LogP contribution < -0.4 is 0 Å². The Morgan fingerprint density at radius 1 is 1.04 bits per heavy atom. The molecule has 3 heterocycles. The molecule has 8 nitrogen and oxygen atoms in total. The Labute approximate surface area is 140 Å².